The van der Waals surface area contributed by atoms with E-state index in [9.17, 15) is 23.5 Å². The Bertz CT molecular complexity index is 534. The summed E-state index contributed by atoms with van der Waals surface area (Å²) in [5.74, 6) is -3.25. The second kappa shape index (κ2) is 8.43. The van der Waals surface area contributed by atoms with Crippen molar-refractivity contribution < 1.29 is 28.2 Å². The highest BCUT2D eigenvalue weighted by Crippen LogP contribution is 2.12. The molecular formula is C15H19F2NO4. The average Bonchev–Trinajstić information content (AvgIpc) is 2.45. The fourth-order valence-electron chi connectivity index (χ4n) is 1.87. The summed E-state index contributed by atoms with van der Waals surface area (Å²) < 4.78 is 30.9. The van der Waals surface area contributed by atoms with Crippen LogP contribution in [0.5, 0.6) is 0 Å². The van der Waals surface area contributed by atoms with Crippen molar-refractivity contribution in [1.29, 1.82) is 0 Å². The van der Waals surface area contributed by atoms with Gasteiger partial charge < -0.3 is 14.7 Å². The van der Waals surface area contributed by atoms with Crippen molar-refractivity contribution in [3.8, 4) is 0 Å². The van der Waals surface area contributed by atoms with Gasteiger partial charge in [-0.15, -0.1) is 0 Å². The molecule has 0 saturated carbocycles. The topological polar surface area (TPSA) is 66.8 Å². The van der Waals surface area contributed by atoms with E-state index in [2.05, 4.69) is 0 Å². The van der Waals surface area contributed by atoms with Crippen molar-refractivity contribution >= 4 is 11.9 Å². The molecule has 1 amide bonds. The number of carbonyl (C=O) groups is 2. The molecule has 7 heteroatoms. The van der Waals surface area contributed by atoms with E-state index in [0.29, 0.717) is 0 Å². The molecule has 1 unspecified atom stereocenters. The largest absolute Gasteiger partial charge is 0.466 e. The zero-order valence-corrected chi connectivity index (χ0v) is 12.5. The predicted octanol–water partition coefficient (Wildman–Crippen LogP) is 1.74. The summed E-state index contributed by atoms with van der Waals surface area (Å²) in [6.45, 7) is 3.36. The number of esters is 1. The number of nitrogens with zero attached hydrogens (tertiary/aromatic N) is 1. The Hall–Kier alpha value is -2.02. The van der Waals surface area contributed by atoms with Crippen LogP contribution in [0.2, 0.25) is 0 Å². The molecule has 0 bridgehead atoms. The number of hydrogen-bond donors (Lipinski definition) is 1. The summed E-state index contributed by atoms with van der Waals surface area (Å²) in [5, 5.41) is 9.44. The third-order valence-corrected chi connectivity index (χ3v) is 2.83. The van der Waals surface area contributed by atoms with Gasteiger partial charge in [0, 0.05) is 18.7 Å². The number of aliphatic hydroxyl groups excluding tert-OH is 1. The van der Waals surface area contributed by atoms with Gasteiger partial charge in [0.25, 0.3) is 5.91 Å². The zero-order valence-electron chi connectivity index (χ0n) is 12.5. The third kappa shape index (κ3) is 5.40. The van der Waals surface area contributed by atoms with E-state index in [4.69, 9.17) is 4.74 Å². The normalized spacial score (nSPS) is 11.9. The molecule has 122 valence electrons. The van der Waals surface area contributed by atoms with Gasteiger partial charge in [-0.1, -0.05) is 0 Å². The molecule has 0 aliphatic heterocycles. The minimum Gasteiger partial charge on any atom is -0.466 e. The Morgan fingerprint density at radius 2 is 2.00 bits per heavy atom. The summed E-state index contributed by atoms with van der Waals surface area (Å²) in [6, 6.07) is 2.80. The van der Waals surface area contributed by atoms with E-state index >= 15 is 0 Å². The lowest BCUT2D eigenvalue weighted by Gasteiger charge is -2.24. The maximum atomic E-state index is 13.2. The Labute approximate surface area is 127 Å². The molecule has 0 fully saturated rings. The molecule has 0 spiro atoms. The van der Waals surface area contributed by atoms with Crippen LogP contribution < -0.4 is 0 Å². The Morgan fingerprint density at radius 1 is 1.32 bits per heavy atom. The SMILES string of the molecule is CCOC(=O)CCN(CC(C)O)C(=O)c1ccc(F)c(F)c1. The number of halogens is 2. The Morgan fingerprint density at radius 3 is 2.55 bits per heavy atom. The van der Waals surface area contributed by atoms with Gasteiger partial charge in [-0.2, -0.15) is 0 Å². The molecule has 0 heterocycles. The highest BCUT2D eigenvalue weighted by Gasteiger charge is 2.20. The van der Waals surface area contributed by atoms with Crippen LogP contribution in [0.3, 0.4) is 0 Å². The van der Waals surface area contributed by atoms with Crippen LogP contribution in [-0.4, -0.2) is 47.7 Å². The number of aliphatic hydroxyl groups is 1. The predicted molar refractivity (Wildman–Crippen MR) is 75.2 cm³/mol. The minimum absolute atomic E-state index is 0.0154. The van der Waals surface area contributed by atoms with E-state index in [-0.39, 0.29) is 31.7 Å². The number of ether oxygens (including phenoxy) is 1. The Balaban J connectivity index is 2.83. The average molecular weight is 315 g/mol. The summed E-state index contributed by atoms with van der Waals surface area (Å²) >= 11 is 0. The smallest absolute Gasteiger partial charge is 0.307 e. The lowest BCUT2D eigenvalue weighted by atomic mass is 10.1. The molecule has 0 saturated heterocycles. The van der Waals surface area contributed by atoms with E-state index in [1.807, 2.05) is 0 Å². The van der Waals surface area contributed by atoms with E-state index in [1.54, 1.807) is 6.92 Å². The molecule has 22 heavy (non-hydrogen) atoms. The van der Waals surface area contributed by atoms with Crippen molar-refractivity contribution in [1.82, 2.24) is 4.90 Å². The molecule has 1 N–H and O–H groups in total. The third-order valence-electron chi connectivity index (χ3n) is 2.83. The van der Waals surface area contributed by atoms with Crippen LogP contribution in [0, 0.1) is 11.6 Å². The molecular weight excluding hydrogens is 296 g/mol. The summed E-state index contributed by atoms with van der Waals surface area (Å²) in [6.07, 6.45) is -0.868. The molecule has 1 rings (SSSR count). The van der Waals surface area contributed by atoms with Gasteiger partial charge in [0.05, 0.1) is 19.1 Å². The van der Waals surface area contributed by atoms with Gasteiger partial charge in [0.1, 0.15) is 0 Å². The van der Waals surface area contributed by atoms with Gasteiger partial charge in [0.15, 0.2) is 11.6 Å². The second-order valence-corrected chi connectivity index (χ2v) is 4.78. The van der Waals surface area contributed by atoms with Crippen molar-refractivity contribution in [3.05, 3.63) is 35.4 Å². The minimum atomic E-state index is -1.13. The molecule has 5 nitrogen and oxygen atoms in total. The van der Waals surface area contributed by atoms with Crippen LogP contribution in [0.15, 0.2) is 18.2 Å². The number of amides is 1. The number of benzene rings is 1. The standard InChI is InChI=1S/C15H19F2NO4/c1-3-22-14(20)6-7-18(9-10(2)19)15(21)11-4-5-12(16)13(17)8-11/h4-5,8,10,19H,3,6-7,9H2,1-2H3. The monoisotopic (exact) mass is 315 g/mol. The highest BCUT2D eigenvalue weighted by atomic mass is 19.2. The molecule has 1 aromatic carbocycles. The molecule has 0 aliphatic carbocycles. The number of rotatable bonds is 7. The number of carbonyl (C=O) groups excluding carboxylic acids is 2. The fourth-order valence-corrected chi connectivity index (χ4v) is 1.87. The first-order valence-electron chi connectivity index (χ1n) is 6.93. The second-order valence-electron chi connectivity index (χ2n) is 4.78. The fraction of sp³-hybridized carbons (Fsp3) is 0.467. The van der Waals surface area contributed by atoms with Crippen LogP contribution in [0.25, 0.3) is 0 Å². The van der Waals surface area contributed by atoms with Crippen LogP contribution in [-0.2, 0) is 9.53 Å². The maximum Gasteiger partial charge on any atom is 0.307 e. The van der Waals surface area contributed by atoms with Gasteiger partial charge in [-0.25, -0.2) is 8.78 Å². The van der Waals surface area contributed by atoms with Gasteiger partial charge in [-0.3, -0.25) is 9.59 Å². The summed E-state index contributed by atoms with van der Waals surface area (Å²) in [7, 11) is 0. The van der Waals surface area contributed by atoms with Crippen molar-refractivity contribution in [2.45, 2.75) is 26.4 Å². The van der Waals surface area contributed by atoms with Crippen molar-refractivity contribution in [3.63, 3.8) is 0 Å². The van der Waals surface area contributed by atoms with Gasteiger partial charge in [0.2, 0.25) is 0 Å². The summed E-state index contributed by atoms with van der Waals surface area (Å²) in [4.78, 5) is 24.8. The van der Waals surface area contributed by atoms with Gasteiger partial charge in [-0.05, 0) is 32.0 Å². The molecule has 0 aromatic heterocycles. The van der Waals surface area contributed by atoms with Crippen LogP contribution >= 0.6 is 0 Å². The van der Waals surface area contributed by atoms with Gasteiger partial charge >= 0.3 is 5.97 Å². The highest BCUT2D eigenvalue weighted by molar-refractivity contribution is 5.94. The zero-order chi connectivity index (χ0) is 16.7. The molecule has 1 aromatic rings. The quantitative estimate of drug-likeness (QED) is 0.778. The lowest BCUT2D eigenvalue weighted by molar-refractivity contribution is -0.143. The summed E-state index contributed by atoms with van der Waals surface area (Å²) in [5.41, 5.74) is -0.0524. The van der Waals surface area contributed by atoms with E-state index < -0.39 is 29.6 Å². The first-order chi connectivity index (χ1) is 10.3. The first-order valence-corrected chi connectivity index (χ1v) is 6.93. The van der Waals surface area contributed by atoms with Crippen molar-refractivity contribution in [2.24, 2.45) is 0 Å². The molecule has 1 atom stereocenters. The van der Waals surface area contributed by atoms with Crippen LogP contribution in [0.4, 0.5) is 8.78 Å². The van der Waals surface area contributed by atoms with E-state index in [0.717, 1.165) is 18.2 Å². The van der Waals surface area contributed by atoms with E-state index in [1.165, 1.54) is 11.8 Å². The Kier molecular flexibility index (Phi) is 6.91. The first kappa shape index (κ1) is 18.0. The van der Waals surface area contributed by atoms with Crippen LogP contribution in [0.1, 0.15) is 30.6 Å². The lowest BCUT2D eigenvalue weighted by Crippen LogP contribution is -2.38. The molecule has 0 aliphatic rings. The van der Waals surface area contributed by atoms with Crippen molar-refractivity contribution in [2.75, 3.05) is 19.7 Å². The molecule has 0 radical (unpaired) electrons. The maximum absolute atomic E-state index is 13.2. The number of hydrogen-bond acceptors (Lipinski definition) is 4.